The van der Waals surface area contributed by atoms with E-state index in [1.165, 1.54) is 12.5 Å². The fourth-order valence-electron chi connectivity index (χ4n) is 3.32. The molecule has 2 aromatic rings. The zero-order valence-corrected chi connectivity index (χ0v) is 18.7. The van der Waals surface area contributed by atoms with Gasteiger partial charge in [-0.25, -0.2) is 4.79 Å². The molecule has 0 saturated carbocycles. The van der Waals surface area contributed by atoms with E-state index in [4.69, 9.17) is 14.6 Å². The van der Waals surface area contributed by atoms with Crippen LogP contribution < -0.4 is 14.8 Å². The topological polar surface area (TPSA) is 88.1 Å². The number of nitrogens with one attached hydrogen (secondary N) is 1. The molecule has 7 nitrogen and oxygen atoms in total. The van der Waals surface area contributed by atoms with E-state index in [9.17, 15) is 9.59 Å². The van der Waals surface area contributed by atoms with Crippen molar-refractivity contribution in [2.24, 2.45) is 0 Å². The van der Waals surface area contributed by atoms with Crippen molar-refractivity contribution in [2.75, 3.05) is 20.8 Å². The Balaban J connectivity index is 2.11. The molecule has 0 bridgehead atoms. The number of urea groups is 1. The first kappa shape index (κ1) is 24.1. The lowest BCUT2D eigenvalue weighted by molar-refractivity contribution is -0.138. The Kier molecular flexibility index (Phi) is 9.18. The van der Waals surface area contributed by atoms with Crippen molar-refractivity contribution in [3.05, 3.63) is 59.2 Å². The number of ether oxygens (including phenoxy) is 2. The second-order valence-electron chi connectivity index (χ2n) is 7.50. The van der Waals surface area contributed by atoms with E-state index in [-0.39, 0.29) is 0 Å². The Bertz CT molecular complexity index is 845. The number of aryl methyl sites for hydroxylation is 1. The molecule has 0 heterocycles. The van der Waals surface area contributed by atoms with E-state index in [2.05, 4.69) is 17.4 Å². The zero-order chi connectivity index (χ0) is 22.8. The summed E-state index contributed by atoms with van der Waals surface area (Å²) in [7, 11) is 3.18. The average molecular weight is 429 g/mol. The largest absolute Gasteiger partial charge is 0.496 e. The highest BCUT2D eigenvalue weighted by atomic mass is 16.5. The van der Waals surface area contributed by atoms with Crippen molar-refractivity contribution >= 4 is 12.0 Å². The van der Waals surface area contributed by atoms with Gasteiger partial charge in [0.05, 0.1) is 14.2 Å². The second-order valence-corrected chi connectivity index (χ2v) is 7.50. The second kappa shape index (κ2) is 11.8. The number of hydrogen-bond donors (Lipinski definition) is 2. The predicted octanol–water partition coefficient (Wildman–Crippen LogP) is 4.02. The smallest absolute Gasteiger partial charge is 0.325 e. The van der Waals surface area contributed by atoms with Crippen molar-refractivity contribution in [3.8, 4) is 11.5 Å². The van der Waals surface area contributed by atoms with Gasteiger partial charge >= 0.3 is 12.0 Å². The lowest BCUT2D eigenvalue weighted by Gasteiger charge is -2.25. The molecule has 0 spiro atoms. The molecule has 7 heteroatoms. The lowest BCUT2D eigenvalue weighted by Crippen LogP contribution is -2.46. The van der Waals surface area contributed by atoms with Gasteiger partial charge in [-0.1, -0.05) is 30.3 Å². The number of hydrogen-bond acceptors (Lipinski definition) is 4. The fraction of sp³-hybridized carbons (Fsp3) is 0.417. The van der Waals surface area contributed by atoms with Crippen LogP contribution in [0.2, 0.25) is 0 Å². The van der Waals surface area contributed by atoms with Gasteiger partial charge in [0.15, 0.2) is 0 Å². The molecule has 0 aliphatic heterocycles. The Morgan fingerprint density at radius 1 is 1.03 bits per heavy atom. The first-order chi connectivity index (χ1) is 14.8. The van der Waals surface area contributed by atoms with Crippen LogP contribution in [0.1, 0.15) is 36.5 Å². The molecule has 2 N–H and O–H groups in total. The van der Waals surface area contributed by atoms with E-state index >= 15 is 0 Å². The number of amides is 2. The molecule has 0 fully saturated rings. The molecule has 2 aromatic carbocycles. The summed E-state index contributed by atoms with van der Waals surface area (Å²) in [4.78, 5) is 25.6. The molecule has 2 amide bonds. The van der Waals surface area contributed by atoms with Crippen LogP contribution in [-0.2, 0) is 17.8 Å². The third-order valence-corrected chi connectivity index (χ3v) is 5.17. The third-order valence-electron chi connectivity index (χ3n) is 5.17. The van der Waals surface area contributed by atoms with E-state index in [0.29, 0.717) is 24.6 Å². The minimum absolute atomic E-state index is 0.316. The van der Waals surface area contributed by atoms with E-state index in [0.717, 1.165) is 30.4 Å². The summed E-state index contributed by atoms with van der Waals surface area (Å²) in [6.07, 6.45) is 2.64. The molecule has 0 radical (unpaired) electrons. The van der Waals surface area contributed by atoms with Gasteiger partial charge in [0, 0.05) is 18.7 Å². The summed E-state index contributed by atoms with van der Waals surface area (Å²) in [5, 5.41) is 11.7. The summed E-state index contributed by atoms with van der Waals surface area (Å²) in [6, 6.07) is 12.6. The Morgan fingerprint density at radius 2 is 1.65 bits per heavy atom. The van der Waals surface area contributed by atoms with E-state index < -0.39 is 18.0 Å². The highest BCUT2D eigenvalue weighted by Crippen LogP contribution is 2.30. The number of carboxylic acid groups (broad SMARTS) is 1. The van der Waals surface area contributed by atoms with Crippen LogP contribution in [-0.4, -0.2) is 48.8 Å². The van der Waals surface area contributed by atoms with Crippen molar-refractivity contribution in [3.63, 3.8) is 0 Å². The normalized spacial score (nSPS) is 11.5. The third kappa shape index (κ3) is 7.20. The van der Waals surface area contributed by atoms with Gasteiger partial charge in [0.25, 0.3) is 0 Å². The molecule has 0 aliphatic rings. The fourth-order valence-corrected chi connectivity index (χ4v) is 3.32. The molecule has 31 heavy (non-hydrogen) atoms. The predicted molar refractivity (Wildman–Crippen MR) is 120 cm³/mol. The van der Waals surface area contributed by atoms with Crippen molar-refractivity contribution < 1.29 is 24.2 Å². The van der Waals surface area contributed by atoms with Gasteiger partial charge in [-0.3, -0.25) is 4.79 Å². The zero-order valence-electron chi connectivity index (χ0n) is 18.7. The lowest BCUT2D eigenvalue weighted by atomic mass is 10.1. The molecule has 0 aromatic heterocycles. The van der Waals surface area contributed by atoms with Crippen LogP contribution in [0, 0.1) is 6.92 Å². The first-order valence-corrected chi connectivity index (χ1v) is 10.4. The van der Waals surface area contributed by atoms with Crippen LogP contribution in [0.5, 0.6) is 11.5 Å². The highest BCUT2D eigenvalue weighted by molar-refractivity contribution is 5.82. The molecule has 0 saturated heterocycles. The molecular formula is C24H32N2O5. The number of rotatable bonds is 11. The molecular weight excluding hydrogens is 396 g/mol. The van der Waals surface area contributed by atoms with Gasteiger partial charge in [-0.05, 0) is 56.4 Å². The van der Waals surface area contributed by atoms with Crippen molar-refractivity contribution in [1.82, 2.24) is 10.2 Å². The number of nitrogens with zero attached hydrogens (tertiary/aromatic N) is 1. The number of benzene rings is 2. The number of carboxylic acids is 1. The van der Waals surface area contributed by atoms with Gasteiger partial charge < -0.3 is 24.8 Å². The van der Waals surface area contributed by atoms with Gasteiger partial charge in [-0.2, -0.15) is 0 Å². The van der Waals surface area contributed by atoms with Crippen LogP contribution in [0.3, 0.4) is 0 Å². The van der Waals surface area contributed by atoms with Crippen LogP contribution in [0.4, 0.5) is 4.79 Å². The minimum Gasteiger partial charge on any atom is -0.496 e. The summed E-state index contributed by atoms with van der Waals surface area (Å²) in [5.41, 5.74) is 2.98. The number of unbranched alkanes of at least 4 members (excludes halogenated alkanes) is 1. The van der Waals surface area contributed by atoms with Gasteiger partial charge in [0.1, 0.15) is 17.5 Å². The Morgan fingerprint density at radius 3 is 2.19 bits per heavy atom. The maximum atomic E-state index is 12.8. The van der Waals surface area contributed by atoms with Gasteiger partial charge in [0.2, 0.25) is 0 Å². The first-order valence-electron chi connectivity index (χ1n) is 10.4. The number of aliphatic carboxylic acids is 1. The molecule has 1 atom stereocenters. The molecule has 2 rings (SSSR count). The summed E-state index contributed by atoms with van der Waals surface area (Å²) in [6.45, 7) is 4.18. The maximum absolute atomic E-state index is 12.8. The number of carbonyl (C=O) groups is 2. The minimum atomic E-state index is -1.07. The van der Waals surface area contributed by atoms with Crippen LogP contribution >= 0.6 is 0 Å². The average Bonchev–Trinajstić information content (AvgIpc) is 2.77. The highest BCUT2D eigenvalue weighted by Gasteiger charge is 2.20. The molecule has 0 unspecified atom stereocenters. The maximum Gasteiger partial charge on any atom is 0.325 e. The standard InChI is InChI=1S/C24H32N2O5/c1-17-21(30-3)14-20(15-22(17)31-4)16-26(24(29)25-18(2)23(27)28)13-9-8-12-19-10-6-5-7-11-19/h5-7,10-11,14-15,18H,8-9,12-13,16H2,1-4H3,(H,25,29)(H,27,28)/t18-/m0/s1. The molecule has 0 aliphatic carbocycles. The number of carbonyl (C=O) groups excluding carboxylic acids is 1. The quantitative estimate of drug-likeness (QED) is 0.528. The molecule has 168 valence electrons. The van der Waals surface area contributed by atoms with Crippen LogP contribution in [0.15, 0.2) is 42.5 Å². The summed E-state index contributed by atoms with van der Waals surface area (Å²) in [5.74, 6) is 0.284. The van der Waals surface area contributed by atoms with Crippen LogP contribution in [0.25, 0.3) is 0 Å². The van der Waals surface area contributed by atoms with Crippen molar-refractivity contribution in [2.45, 2.75) is 45.7 Å². The van der Waals surface area contributed by atoms with E-state index in [1.807, 2.05) is 37.3 Å². The SMILES string of the molecule is COc1cc(CN(CCCCc2ccccc2)C(=O)N[C@@H](C)C(=O)O)cc(OC)c1C. The summed E-state index contributed by atoms with van der Waals surface area (Å²) >= 11 is 0. The Labute approximate surface area is 184 Å². The van der Waals surface area contributed by atoms with Gasteiger partial charge in [-0.15, -0.1) is 0 Å². The Hall–Kier alpha value is -3.22. The monoisotopic (exact) mass is 428 g/mol. The summed E-state index contributed by atoms with van der Waals surface area (Å²) < 4.78 is 10.9. The number of methoxy groups -OCH3 is 2. The van der Waals surface area contributed by atoms with E-state index in [1.54, 1.807) is 19.1 Å². The van der Waals surface area contributed by atoms with Crippen molar-refractivity contribution in [1.29, 1.82) is 0 Å².